The van der Waals surface area contributed by atoms with E-state index >= 15 is 0 Å². The van der Waals surface area contributed by atoms with Gasteiger partial charge in [-0.1, -0.05) is 12.1 Å². The summed E-state index contributed by atoms with van der Waals surface area (Å²) in [6, 6.07) is 1.54. The van der Waals surface area contributed by atoms with Crippen LogP contribution in [0.5, 0.6) is 5.75 Å². The third kappa shape index (κ3) is 6.40. The number of aliphatic hydroxyl groups excluding tert-OH is 1. The molecule has 1 aliphatic rings. The number of nitrogens with zero attached hydrogens (tertiary/aromatic N) is 1. The van der Waals surface area contributed by atoms with Gasteiger partial charge in [-0.05, 0) is 37.5 Å². The van der Waals surface area contributed by atoms with Gasteiger partial charge in [0.1, 0.15) is 23.9 Å². The summed E-state index contributed by atoms with van der Waals surface area (Å²) in [5, 5.41) is 33.0. The van der Waals surface area contributed by atoms with Gasteiger partial charge in [0.25, 0.3) is 0 Å². The van der Waals surface area contributed by atoms with E-state index in [0.29, 0.717) is 24.9 Å². The Labute approximate surface area is 179 Å². The fraction of sp³-hybridized carbons (Fsp3) is 0.500. The number of aromatic hydroxyl groups is 1. The van der Waals surface area contributed by atoms with E-state index < -0.39 is 48.6 Å². The van der Waals surface area contributed by atoms with E-state index in [4.69, 9.17) is 5.73 Å². The Morgan fingerprint density at radius 1 is 1.16 bits per heavy atom. The van der Waals surface area contributed by atoms with Gasteiger partial charge in [0.2, 0.25) is 17.7 Å². The maximum Gasteiger partial charge on any atom is 0.326 e. The van der Waals surface area contributed by atoms with Crippen LogP contribution in [0.3, 0.4) is 0 Å². The predicted molar refractivity (Wildman–Crippen MR) is 109 cm³/mol. The Balaban J connectivity index is 2.02. The van der Waals surface area contributed by atoms with Crippen LogP contribution >= 0.6 is 0 Å². The van der Waals surface area contributed by atoms with Gasteiger partial charge in [-0.2, -0.15) is 0 Å². The molecule has 0 aromatic heterocycles. The molecule has 31 heavy (non-hydrogen) atoms. The quantitative estimate of drug-likeness (QED) is 0.265. The van der Waals surface area contributed by atoms with Gasteiger partial charge in [-0.3, -0.25) is 14.4 Å². The van der Waals surface area contributed by atoms with Gasteiger partial charge in [0.05, 0.1) is 12.6 Å². The van der Waals surface area contributed by atoms with Crippen molar-refractivity contribution in [1.29, 1.82) is 0 Å². The lowest BCUT2D eigenvalue weighted by atomic mass is 10.1. The van der Waals surface area contributed by atoms with Gasteiger partial charge in [0.15, 0.2) is 0 Å². The molecule has 4 atom stereocenters. The summed E-state index contributed by atoms with van der Waals surface area (Å²) < 4.78 is 0. The number of carboxylic acids is 1. The van der Waals surface area contributed by atoms with Crippen LogP contribution in [-0.4, -0.2) is 81.2 Å². The molecule has 0 unspecified atom stereocenters. The van der Waals surface area contributed by atoms with Crippen molar-refractivity contribution in [1.82, 2.24) is 15.5 Å². The molecule has 0 bridgehead atoms. The first-order valence-electron chi connectivity index (χ1n) is 9.92. The lowest BCUT2D eigenvalue weighted by Crippen LogP contribution is -2.57. The molecule has 0 spiro atoms. The van der Waals surface area contributed by atoms with E-state index in [1.807, 2.05) is 0 Å². The van der Waals surface area contributed by atoms with Crippen LogP contribution in [0.4, 0.5) is 0 Å². The van der Waals surface area contributed by atoms with E-state index in [0.717, 1.165) is 0 Å². The lowest BCUT2D eigenvalue weighted by Gasteiger charge is -2.27. The molecule has 3 amide bonds. The van der Waals surface area contributed by atoms with Crippen LogP contribution in [0.1, 0.15) is 25.3 Å². The number of carbonyl (C=O) groups is 4. The fourth-order valence-corrected chi connectivity index (χ4v) is 3.37. The Bertz CT molecular complexity index is 812. The van der Waals surface area contributed by atoms with Crippen LogP contribution in [0.15, 0.2) is 24.3 Å². The number of hydrogen-bond acceptors (Lipinski definition) is 7. The minimum Gasteiger partial charge on any atom is -0.508 e. The Morgan fingerprint density at radius 2 is 1.81 bits per heavy atom. The molecule has 11 heteroatoms. The number of aliphatic carboxylic acids is 1. The summed E-state index contributed by atoms with van der Waals surface area (Å²) in [6.07, 6.45) is 0.926. The van der Waals surface area contributed by atoms with Crippen molar-refractivity contribution >= 4 is 23.7 Å². The minimum absolute atomic E-state index is 0.0196. The van der Waals surface area contributed by atoms with E-state index in [9.17, 15) is 34.5 Å². The highest BCUT2D eigenvalue weighted by molar-refractivity contribution is 5.94. The molecule has 1 aromatic rings. The number of aliphatic hydroxyl groups is 1. The monoisotopic (exact) mass is 436 g/mol. The average molecular weight is 436 g/mol. The smallest absolute Gasteiger partial charge is 0.326 e. The minimum atomic E-state index is -1.39. The first-order valence-corrected chi connectivity index (χ1v) is 9.92. The van der Waals surface area contributed by atoms with Crippen LogP contribution < -0.4 is 16.4 Å². The number of phenolic OH excluding ortho intramolecular Hbond substituents is 1. The molecular weight excluding hydrogens is 408 g/mol. The molecule has 1 aliphatic heterocycles. The molecule has 1 saturated heterocycles. The highest BCUT2D eigenvalue weighted by Gasteiger charge is 2.37. The van der Waals surface area contributed by atoms with Crippen molar-refractivity contribution < 1.29 is 34.5 Å². The third-order valence-corrected chi connectivity index (χ3v) is 5.03. The second kappa shape index (κ2) is 10.7. The summed E-state index contributed by atoms with van der Waals surface area (Å²) in [4.78, 5) is 50.2. The first-order chi connectivity index (χ1) is 14.6. The zero-order valence-electron chi connectivity index (χ0n) is 17.2. The number of amides is 3. The largest absolute Gasteiger partial charge is 0.508 e. The highest BCUT2D eigenvalue weighted by atomic mass is 16.4. The van der Waals surface area contributed by atoms with Gasteiger partial charge in [-0.25, -0.2) is 4.79 Å². The van der Waals surface area contributed by atoms with Crippen LogP contribution in [-0.2, 0) is 25.6 Å². The molecular formula is C20H28N4O7. The van der Waals surface area contributed by atoms with Gasteiger partial charge < -0.3 is 36.6 Å². The number of likely N-dealkylation sites (tertiary alicyclic amines) is 1. The van der Waals surface area contributed by atoms with Crippen molar-refractivity contribution in [3.05, 3.63) is 29.8 Å². The van der Waals surface area contributed by atoms with Crippen molar-refractivity contribution in [2.24, 2.45) is 5.73 Å². The summed E-state index contributed by atoms with van der Waals surface area (Å²) >= 11 is 0. The predicted octanol–water partition coefficient (Wildman–Crippen LogP) is -1.68. The van der Waals surface area contributed by atoms with E-state index in [1.54, 1.807) is 0 Å². The summed E-state index contributed by atoms with van der Waals surface area (Å²) in [7, 11) is 0. The molecule has 170 valence electrons. The third-order valence-electron chi connectivity index (χ3n) is 5.03. The molecule has 11 nitrogen and oxygen atoms in total. The number of benzene rings is 1. The topological polar surface area (TPSA) is 182 Å². The number of carbonyl (C=O) groups excluding carboxylic acids is 3. The maximum absolute atomic E-state index is 12.6. The van der Waals surface area contributed by atoms with Crippen molar-refractivity contribution in [3.8, 4) is 5.75 Å². The van der Waals surface area contributed by atoms with Crippen molar-refractivity contribution in [3.63, 3.8) is 0 Å². The highest BCUT2D eigenvalue weighted by Crippen LogP contribution is 2.18. The van der Waals surface area contributed by atoms with Gasteiger partial charge >= 0.3 is 5.97 Å². The molecule has 1 aromatic carbocycles. The number of nitrogens with two attached hydrogens (primary N) is 1. The molecule has 2 rings (SSSR count). The first kappa shape index (κ1) is 24.1. The Kier molecular flexibility index (Phi) is 8.34. The second-order valence-corrected chi connectivity index (χ2v) is 7.49. The summed E-state index contributed by atoms with van der Waals surface area (Å²) in [5.74, 6) is -3.15. The standard InChI is InChI=1S/C20H28N4O7/c1-11(21)19(29)24-8-2-3-16(24)18(28)23-15(10-25)17(27)22-14(20(30)31)9-12-4-6-13(26)7-5-12/h4-7,11,14-16,25-26H,2-3,8-10,21H2,1H3,(H,22,27)(H,23,28)(H,30,31)/t11-,14-,15-,16-/m0/s1. The van der Waals surface area contributed by atoms with Crippen LogP contribution in [0, 0.1) is 0 Å². The van der Waals surface area contributed by atoms with E-state index in [1.165, 1.54) is 36.1 Å². The number of phenols is 1. The molecule has 0 radical (unpaired) electrons. The Hall–Kier alpha value is -3.18. The summed E-state index contributed by atoms with van der Waals surface area (Å²) in [5.41, 5.74) is 6.17. The number of carboxylic acid groups (broad SMARTS) is 1. The van der Waals surface area contributed by atoms with E-state index in [-0.39, 0.29) is 18.1 Å². The van der Waals surface area contributed by atoms with Gasteiger partial charge in [0, 0.05) is 13.0 Å². The fourth-order valence-electron chi connectivity index (χ4n) is 3.37. The van der Waals surface area contributed by atoms with E-state index in [2.05, 4.69) is 10.6 Å². The van der Waals surface area contributed by atoms with Gasteiger partial charge in [-0.15, -0.1) is 0 Å². The van der Waals surface area contributed by atoms with Crippen molar-refractivity contribution in [2.45, 2.75) is 50.4 Å². The zero-order valence-corrected chi connectivity index (χ0v) is 17.2. The molecule has 1 fully saturated rings. The molecule has 0 saturated carbocycles. The lowest BCUT2D eigenvalue weighted by molar-refractivity contribution is -0.143. The normalized spacial score (nSPS) is 18.7. The number of hydrogen-bond donors (Lipinski definition) is 6. The maximum atomic E-state index is 12.6. The zero-order chi connectivity index (χ0) is 23.1. The number of nitrogens with one attached hydrogen (secondary N) is 2. The van der Waals surface area contributed by atoms with Crippen molar-refractivity contribution in [2.75, 3.05) is 13.2 Å². The number of rotatable bonds is 9. The Morgan fingerprint density at radius 3 is 2.35 bits per heavy atom. The molecule has 1 heterocycles. The summed E-state index contributed by atoms with van der Waals surface area (Å²) in [6.45, 7) is 1.12. The molecule has 0 aliphatic carbocycles. The van der Waals surface area contributed by atoms with Crippen LogP contribution in [0.2, 0.25) is 0 Å². The second-order valence-electron chi connectivity index (χ2n) is 7.49. The average Bonchev–Trinajstić information content (AvgIpc) is 3.21. The SMILES string of the molecule is C[C@H](N)C(=O)N1CCC[C@H]1C(=O)N[C@@H](CO)C(=O)N[C@@H](Cc1ccc(O)cc1)C(=O)O. The molecule has 7 N–H and O–H groups in total. The van der Waals surface area contributed by atoms with Crippen LogP contribution in [0.25, 0.3) is 0 Å².